The third-order valence-corrected chi connectivity index (χ3v) is 2.90. The Morgan fingerprint density at radius 3 is 2.82 bits per heavy atom. The first-order chi connectivity index (χ1) is 8.11. The molecule has 0 aliphatic rings. The maximum atomic E-state index is 12.2. The smallest absolute Gasteiger partial charge is 0.197 e. The second kappa shape index (κ2) is 4.72. The molecule has 0 N–H and O–H groups in total. The first kappa shape index (κ1) is 11.9. The van der Waals surface area contributed by atoms with Gasteiger partial charge in [0.15, 0.2) is 5.78 Å². The highest BCUT2D eigenvalue weighted by atomic mass is 35.5. The van der Waals surface area contributed by atoms with Crippen molar-refractivity contribution < 1.29 is 4.79 Å². The molecule has 88 valence electrons. The van der Waals surface area contributed by atoms with Crippen molar-refractivity contribution >= 4 is 17.4 Å². The van der Waals surface area contributed by atoms with Gasteiger partial charge >= 0.3 is 0 Å². The lowest BCUT2D eigenvalue weighted by molar-refractivity contribution is 0.103. The second-order valence-corrected chi connectivity index (χ2v) is 4.30. The van der Waals surface area contributed by atoms with Crippen molar-refractivity contribution in [3.63, 3.8) is 0 Å². The monoisotopic (exact) mass is 248 g/mol. The van der Waals surface area contributed by atoms with E-state index in [9.17, 15) is 4.79 Å². The fourth-order valence-electron chi connectivity index (χ4n) is 1.61. The van der Waals surface area contributed by atoms with Crippen molar-refractivity contribution in [3.8, 4) is 0 Å². The van der Waals surface area contributed by atoms with E-state index in [2.05, 4.69) is 5.10 Å². The zero-order valence-corrected chi connectivity index (χ0v) is 10.5. The zero-order valence-electron chi connectivity index (χ0n) is 9.77. The molecule has 1 aromatic carbocycles. The van der Waals surface area contributed by atoms with E-state index in [1.54, 1.807) is 29.2 Å². The highest BCUT2D eigenvalue weighted by Crippen LogP contribution is 2.20. The van der Waals surface area contributed by atoms with Crippen LogP contribution in [0.15, 0.2) is 30.6 Å². The number of aromatic nitrogens is 2. The van der Waals surface area contributed by atoms with Gasteiger partial charge in [0, 0.05) is 18.3 Å². The molecule has 0 bridgehead atoms. The molecular weight excluding hydrogens is 236 g/mol. The van der Waals surface area contributed by atoms with Crippen LogP contribution in [0.5, 0.6) is 0 Å². The maximum Gasteiger partial charge on any atom is 0.197 e. The van der Waals surface area contributed by atoms with Gasteiger partial charge in [0.25, 0.3) is 0 Å². The number of aryl methyl sites for hydroxylation is 2. The first-order valence-electron chi connectivity index (χ1n) is 5.45. The Bertz CT molecular complexity index is 560. The van der Waals surface area contributed by atoms with Gasteiger partial charge in [-0.2, -0.15) is 5.10 Å². The molecule has 3 nitrogen and oxygen atoms in total. The quantitative estimate of drug-likeness (QED) is 0.783. The molecule has 0 fully saturated rings. The van der Waals surface area contributed by atoms with Crippen LogP contribution < -0.4 is 0 Å². The minimum Gasteiger partial charge on any atom is -0.288 e. The van der Waals surface area contributed by atoms with E-state index < -0.39 is 0 Å². The Labute approximate surface area is 105 Å². The van der Waals surface area contributed by atoms with E-state index in [0.717, 1.165) is 12.1 Å². The lowest BCUT2D eigenvalue weighted by Crippen LogP contribution is -2.01. The van der Waals surface area contributed by atoms with E-state index in [4.69, 9.17) is 11.6 Å². The van der Waals surface area contributed by atoms with Crippen molar-refractivity contribution in [2.24, 2.45) is 0 Å². The summed E-state index contributed by atoms with van der Waals surface area (Å²) < 4.78 is 1.72. The summed E-state index contributed by atoms with van der Waals surface area (Å²) in [5.74, 6) is -0.0882. The standard InChI is InChI=1S/C13H13ClN2O/c1-3-16-8-10(7-15-16)13(17)11-5-4-9(2)6-12(11)14/h4-8H,3H2,1-2H3. The van der Waals surface area contributed by atoms with Crippen LogP contribution in [0.25, 0.3) is 0 Å². The van der Waals surface area contributed by atoms with E-state index in [0.29, 0.717) is 16.1 Å². The van der Waals surface area contributed by atoms with Gasteiger partial charge in [-0.05, 0) is 31.5 Å². The molecule has 17 heavy (non-hydrogen) atoms. The molecule has 0 amide bonds. The van der Waals surface area contributed by atoms with Crippen LogP contribution in [0.3, 0.4) is 0 Å². The molecule has 0 radical (unpaired) electrons. The number of ketones is 1. The molecule has 0 unspecified atom stereocenters. The van der Waals surface area contributed by atoms with Crippen LogP contribution in [0.2, 0.25) is 5.02 Å². The predicted molar refractivity (Wildman–Crippen MR) is 67.5 cm³/mol. The van der Waals surface area contributed by atoms with E-state index in [1.165, 1.54) is 0 Å². The van der Waals surface area contributed by atoms with Crippen LogP contribution in [0.4, 0.5) is 0 Å². The van der Waals surface area contributed by atoms with Crippen LogP contribution in [-0.4, -0.2) is 15.6 Å². The molecule has 2 aromatic rings. The topological polar surface area (TPSA) is 34.9 Å². The SMILES string of the molecule is CCn1cc(C(=O)c2ccc(C)cc2Cl)cn1. The van der Waals surface area contributed by atoms with Gasteiger partial charge in [0.1, 0.15) is 0 Å². The number of nitrogens with zero attached hydrogens (tertiary/aromatic N) is 2. The van der Waals surface area contributed by atoms with Crippen molar-refractivity contribution in [1.29, 1.82) is 0 Å². The van der Waals surface area contributed by atoms with Gasteiger partial charge in [-0.1, -0.05) is 17.7 Å². The number of carbonyl (C=O) groups is 1. The van der Waals surface area contributed by atoms with Crippen LogP contribution in [0.1, 0.15) is 28.4 Å². The Kier molecular flexibility index (Phi) is 3.29. The third kappa shape index (κ3) is 2.39. The summed E-state index contributed by atoms with van der Waals surface area (Å²) in [5.41, 5.74) is 2.13. The van der Waals surface area contributed by atoms with Gasteiger partial charge in [-0.15, -0.1) is 0 Å². The van der Waals surface area contributed by atoms with Gasteiger partial charge in [0.2, 0.25) is 0 Å². The van der Waals surface area contributed by atoms with Crippen molar-refractivity contribution in [3.05, 3.63) is 52.3 Å². The number of hydrogen-bond acceptors (Lipinski definition) is 2. The van der Waals surface area contributed by atoms with Gasteiger partial charge in [-0.25, -0.2) is 0 Å². The van der Waals surface area contributed by atoms with Crippen LogP contribution in [-0.2, 0) is 6.54 Å². The summed E-state index contributed by atoms with van der Waals surface area (Å²) in [6.07, 6.45) is 3.31. The van der Waals surface area contributed by atoms with Crippen LogP contribution in [0, 0.1) is 6.92 Å². The van der Waals surface area contributed by atoms with Crippen molar-refractivity contribution in [2.75, 3.05) is 0 Å². The zero-order chi connectivity index (χ0) is 12.4. The van der Waals surface area contributed by atoms with Crippen molar-refractivity contribution in [1.82, 2.24) is 9.78 Å². The Hall–Kier alpha value is -1.61. The number of halogens is 1. The van der Waals surface area contributed by atoms with Gasteiger partial charge < -0.3 is 0 Å². The minimum absolute atomic E-state index is 0.0882. The third-order valence-electron chi connectivity index (χ3n) is 2.59. The molecule has 0 aliphatic carbocycles. The predicted octanol–water partition coefficient (Wildman–Crippen LogP) is 3.10. The van der Waals surface area contributed by atoms with Crippen LogP contribution >= 0.6 is 11.6 Å². The Morgan fingerprint density at radius 1 is 1.47 bits per heavy atom. The molecule has 0 aliphatic heterocycles. The largest absolute Gasteiger partial charge is 0.288 e. The molecule has 1 heterocycles. The average molecular weight is 249 g/mol. The minimum atomic E-state index is -0.0882. The lowest BCUT2D eigenvalue weighted by atomic mass is 10.0. The normalized spacial score (nSPS) is 10.5. The summed E-state index contributed by atoms with van der Waals surface area (Å²) in [6.45, 7) is 4.66. The van der Waals surface area contributed by atoms with E-state index >= 15 is 0 Å². The first-order valence-corrected chi connectivity index (χ1v) is 5.83. The fraction of sp³-hybridized carbons (Fsp3) is 0.231. The number of carbonyl (C=O) groups excluding carboxylic acids is 1. The second-order valence-electron chi connectivity index (χ2n) is 3.90. The Balaban J connectivity index is 2.36. The highest BCUT2D eigenvalue weighted by molar-refractivity contribution is 6.35. The van der Waals surface area contributed by atoms with Crippen molar-refractivity contribution in [2.45, 2.75) is 20.4 Å². The molecule has 0 spiro atoms. The fourth-order valence-corrected chi connectivity index (χ4v) is 1.93. The van der Waals surface area contributed by atoms with Gasteiger partial charge in [0.05, 0.1) is 16.8 Å². The number of rotatable bonds is 3. The maximum absolute atomic E-state index is 12.2. The summed E-state index contributed by atoms with van der Waals surface area (Å²) in [5, 5.41) is 4.57. The number of hydrogen-bond donors (Lipinski definition) is 0. The molecule has 0 saturated heterocycles. The van der Waals surface area contributed by atoms with E-state index in [-0.39, 0.29) is 5.78 Å². The highest BCUT2D eigenvalue weighted by Gasteiger charge is 2.14. The van der Waals surface area contributed by atoms with E-state index in [1.807, 2.05) is 19.9 Å². The molecular formula is C13H13ClN2O. The summed E-state index contributed by atoms with van der Waals surface area (Å²) in [7, 11) is 0. The molecule has 4 heteroatoms. The molecule has 2 rings (SSSR count). The summed E-state index contributed by atoms with van der Waals surface area (Å²) in [4.78, 5) is 12.2. The molecule has 0 atom stereocenters. The molecule has 0 saturated carbocycles. The van der Waals surface area contributed by atoms with Gasteiger partial charge in [-0.3, -0.25) is 9.48 Å². The number of benzene rings is 1. The molecule has 1 aromatic heterocycles. The average Bonchev–Trinajstić information content (AvgIpc) is 2.76. The Morgan fingerprint density at radius 2 is 2.24 bits per heavy atom. The summed E-state index contributed by atoms with van der Waals surface area (Å²) >= 11 is 6.07. The summed E-state index contributed by atoms with van der Waals surface area (Å²) in [6, 6.07) is 5.42. The lowest BCUT2D eigenvalue weighted by Gasteiger charge is -2.02.